The Labute approximate surface area is 136 Å². The van der Waals surface area contributed by atoms with E-state index in [1.807, 2.05) is 6.07 Å². The summed E-state index contributed by atoms with van der Waals surface area (Å²) in [4.78, 5) is 39.8. The maximum atomic E-state index is 12.2. The number of rotatable bonds is 2. The monoisotopic (exact) mass is 331 g/mol. The summed E-state index contributed by atoms with van der Waals surface area (Å²) in [6.45, 7) is 2.21. The predicted octanol–water partition coefficient (Wildman–Crippen LogP) is 1.64. The van der Waals surface area contributed by atoms with Crippen molar-refractivity contribution >= 4 is 23.2 Å². The number of aromatic nitrogens is 1. The fourth-order valence-corrected chi connectivity index (χ4v) is 3.76. The van der Waals surface area contributed by atoms with Crippen molar-refractivity contribution in [2.75, 3.05) is 0 Å². The normalized spacial score (nSPS) is 16.5. The van der Waals surface area contributed by atoms with E-state index >= 15 is 0 Å². The highest BCUT2D eigenvalue weighted by molar-refractivity contribution is 7.14. The maximum absolute atomic E-state index is 12.2. The standard InChI is InChI=1S/C16H17N3O3S/c1-9-4-5-12-10(7-9)8-13(23-12)16(22)19-18-15(21)11-3-2-6-17-14(11)20/h2-3,6,8-9H,4-5,7H2,1H3,(H,17,20)(H,18,21)(H,19,22)/t9-/m0/s1. The maximum Gasteiger partial charge on any atom is 0.279 e. The zero-order chi connectivity index (χ0) is 16.4. The molecule has 3 N–H and O–H groups in total. The van der Waals surface area contributed by atoms with Crippen LogP contribution in [0, 0.1) is 5.92 Å². The minimum absolute atomic E-state index is 0.0490. The number of H-pyrrole nitrogens is 1. The van der Waals surface area contributed by atoms with Crippen LogP contribution in [0.4, 0.5) is 0 Å². The number of aromatic amines is 1. The van der Waals surface area contributed by atoms with Crippen LogP contribution >= 0.6 is 11.3 Å². The lowest BCUT2D eigenvalue weighted by Gasteiger charge is -2.16. The van der Waals surface area contributed by atoms with E-state index < -0.39 is 11.5 Å². The van der Waals surface area contributed by atoms with E-state index in [2.05, 4.69) is 22.8 Å². The summed E-state index contributed by atoms with van der Waals surface area (Å²) < 4.78 is 0. The summed E-state index contributed by atoms with van der Waals surface area (Å²) in [5.41, 5.74) is 5.32. The van der Waals surface area contributed by atoms with E-state index in [4.69, 9.17) is 0 Å². The van der Waals surface area contributed by atoms with Gasteiger partial charge in [0.2, 0.25) is 0 Å². The molecular weight excluding hydrogens is 314 g/mol. The molecule has 2 aromatic heterocycles. The molecule has 0 radical (unpaired) electrons. The Morgan fingerprint density at radius 2 is 2.09 bits per heavy atom. The molecule has 23 heavy (non-hydrogen) atoms. The van der Waals surface area contributed by atoms with Crippen LogP contribution in [0.1, 0.15) is 43.8 Å². The number of nitrogens with one attached hydrogen (secondary N) is 3. The molecule has 0 saturated carbocycles. The largest absolute Gasteiger partial charge is 0.328 e. The molecule has 0 bridgehead atoms. The van der Waals surface area contributed by atoms with Crippen molar-refractivity contribution in [1.82, 2.24) is 15.8 Å². The van der Waals surface area contributed by atoms with E-state index in [1.165, 1.54) is 34.0 Å². The lowest BCUT2D eigenvalue weighted by atomic mass is 9.90. The van der Waals surface area contributed by atoms with Crippen LogP contribution in [0.3, 0.4) is 0 Å². The van der Waals surface area contributed by atoms with Gasteiger partial charge in [0.25, 0.3) is 17.4 Å². The molecule has 7 heteroatoms. The SMILES string of the molecule is C[C@H]1CCc2sc(C(=O)NNC(=O)c3ccc[nH]c3=O)cc2C1. The smallest absolute Gasteiger partial charge is 0.279 e. The first-order chi connectivity index (χ1) is 11.0. The van der Waals surface area contributed by atoms with Crippen molar-refractivity contribution < 1.29 is 9.59 Å². The van der Waals surface area contributed by atoms with Crippen molar-refractivity contribution in [2.45, 2.75) is 26.2 Å². The van der Waals surface area contributed by atoms with Crippen LogP contribution < -0.4 is 16.4 Å². The zero-order valence-corrected chi connectivity index (χ0v) is 13.5. The molecule has 1 atom stereocenters. The second kappa shape index (κ2) is 6.37. The Bertz CT molecular complexity index is 809. The molecule has 0 aliphatic heterocycles. The number of fused-ring (bicyclic) bond motifs is 1. The van der Waals surface area contributed by atoms with Gasteiger partial charge in [-0.25, -0.2) is 0 Å². The highest BCUT2D eigenvalue weighted by Gasteiger charge is 2.21. The number of carbonyl (C=O) groups excluding carboxylic acids is 2. The number of aryl methyl sites for hydroxylation is 1. The van der Waals surface area contributed by atoms with E-state index in [9.17, 15) is 14.4 Å². The van der Waals surface area contributed by atoms with Gasteiger partial charge < -0.3 is 4.98 Å². The van der Waals surface area contributed by atoms with E-state index in [0.29, 0.717) is 10.8 Å². The number of pyridine rings is 1. The van der Waals surface area contributed by atoms with E-state index in [-0.39, 0.29) is 11.5 Å². The second-order valence-electron chi connectivity index (χ2n) is 5.73. The number of hydrogen-bond donors (Lipinski definition) is 3. The van der Waals surface area contributed by atoms with Crippen LogP contribution in [0.5, 0.6) is 0 Å². The number of carbonyl (C=O) groups is 2. The fourth-order valence-electron chi connectivity index (χ4n) is 2.66. The van der Waals surface area contributed by atoms with Crippen molar-refractivity contribution in [3.63, 3.8) is 0 Å². The van der Waals surface area contributed by atoms with Crippen LogP contribution in [0.2, 0.25) is 0 Å². The van der Waals surface area contributed by atoms with Gasteiger partial charge in [0.15, 0.2) is 0 Å². The van der Waals surface area contributed by atoms with Crippen LogP contribution in [0.15, 0.2) is 29.2 Å². The average Bonchev–Trinajstić information content (AvgIpc) is 2.95. The Balaban J connectivity index is 1.65. The van der Waals surface area contributed by atoms with Gasteiger partial charge in [0.05, 0.1) is 4.88 Å². The van der Waals surface area contributed by atoms with Gasteiger partial charge in [0, 0.05) is 11.1 Å². The first-order valence-electron chi connectivity index (χ1n) is 7.44. The van der Waals surface area contributed by atoms with E-state index in [0.717, 1.165) is 19.3 Å². The van der Waals surface area contributed by atoms with Gasteiger partial charge in [-0.3, -0.25) is 25.2 Å². The summed E-state index contributed by atoms with van der Waals surface area (Å²) in [5.74, 6) is -0.370. The molecule has 120 valence electrons. The summed E-state index contributed by atoms with van der Waals surface area (Å²) >= 11 is 1.46. The number of hydrogen-bond acceptors (Lipinski definition) is 4. The molecule has 2 amide bonds. The molecule has 0 fully saturated rings. The van der Waals surface area contributed by atoms with Crippen LogP contribution in [0.25, 0.3) is 0 Å². The molecule has 0 saturated heterocycles. The minimum atomic E-state index is -0.643. The molecule has 3 rings (SSSR count). The van der Waals surface area contributed by atoms with Gasteiger partial charge >= 0.3 is 0 Å². The summed E-state index contributed by atoms with van der Waals surface area (Å²) in [5, 5.41) is 0. The van der Waals surface area contributed by atoms with Gasteiger partial charge in [-0.2, -0.15) is 0 Å². The van der Waals surface area contributed by atoms with Gasteiger partial charge in [-0.15, -0.1) is 11.3 Å². The molecule has 2 heterocycles. The third-order valence-corrected chi connectivity index (χ3v) is 5.14. The summed E-state index contributed by atoms with van der Waals surface area (Å²) in [6, 6.07) is 4.84. The van der Waals surface area contributed by atoms with Gasteiger partial charge in [-0.1, -0.05) is 6.92 Å². The quantitative estimate of drug-likeness (QED) is 0.731. The average molecular weight is 331 g/mol. The lowest BCUT2D eigenvalue weighted by molar-refractivity contribution is 0.0848. The minimum Gasteiger partial charge on any atom is -0.328 e. The predicted molar refractivity (Wildman–Crippen MR) is 87.5 cm³/mol. The Morgan fingerprint density at radius 3 is 2.87 bits per heavy atom. The highest BCUT2D eigenvalue weighted by Crippen LogP contribution is 2.32. The summed E-state index contributed by atoms with van der Waals surface area (Å²) in [7, 11) is 0. The number of amides is 2. The third kappa shape index (κ3) is 3.34. The number of hydrazine groups is 1. The Morgan fingerprint density at radius 1 is 1.30 bits per heavy atom. The highest BCUT2D eigenvalue weighted by atomic mass is 32.1. The number of thiophene rings is 1. The molecule has 2 aromatic rings. The lowest BCUT2D eigenvalue weighted by Crippen LogP contribution is -2.43. The van der Waals surface area contributed by atoms with Gasteiger partial charge in [0.1, 0.15) is 5.56 Å². The molecular formula is C16H17N3O3S. The summed E-state index contributed by atoms with van der Waals surface area (Å²) in [6.07, 6.45) is 4.57. The molecule has 1 aliphatic carbocycles. The topological polar surface area (TPSA) is 91.1 Å². The fraction of sp³-hybridized carbons (Fsp3) is 0.312. The van der Waals surface area contributed by atoms with Crippen molar-refractivity contribution in [2.24, 2.45) is 5.92 Å². The van der Waals surface area contributed by atoms with Crippen molar-refractivity contribution in [3.05, 3.63) is 55.6 Å². The molecule has 1 aliphatic rings. The molecule has 6 nitrogen and oxygen atoms in total. The first kappa shape index (κ1) is 15.5. The second-order valence-corrected chi connectivity index (χ2v) is 6.86. The van der Waals surface area contributed by atoms with E-state index in [1.54, 1.807) is 6.07 Å². The Hall–Kier alpha value is -2.41. The van der Waals surface area contributed by atoms with Crippen LogP contribution in [-0.4, -0.2) is 16.8 Å². The molecule has 0 aromatic carbocycles. The third-order valence-electron chi connectivity index (χ3n) is 3.91. The van der Waals surface area contributed by atoms with Crippen LogP contribution in [-0.2, 0) is 12.8 Å². The zero-order valence-electron chi connectivity index (χ0n) is 12.6. The molecule has 0 spiro atoms. The van der Waals surface area contributed by atoms with Gasteiger partial charge in [-0.05, 0) is 48.9 Å². The Kier molecular flexibility index (Phi) is 4.29. The first-order valence-corrected chi connectivity index (χ1v) is 8.26. The van der Waals surface area contributed by atoms with Crippen molar-refractivity contribution in [3.8, 4) is 0 Å². The molecule has 0 unspecified atom stereocenters. The van der Waals surface area contributed by atoms with Crippen molar-refractivity contribution in [1.29, 1.82) is 0 Å².